The summed E-state index contributed by atoms with van der Waals surface area (Å²) in [6.45, 7) is 2.19. The monoisotopic (exact) mass is 371 g/mol. The van der Waals surface area contributed by atoms with Crippen molar-refractivity contribution in [3.63, 3.8) is 0 Å². The number of aromatic nitrogens is 1. The van der Waals surface area contributed by atoms with Crippen molar-refractivity contribution in [2.75, 3.05) is 40.4 Å². The van der Waals surface area contributed by atoms with E-state index in [0.717, 1.165) is 5.56 Å². The first-order valence-corrected chi connectivity index (χ1v) is 8.91. The lowest BCUT2D eigenvalue weighted by Crippen LogP contribution is -2.50. The maximum Gasteiger partial charge on any atom is 0.255 e. The van der Waals surface area contributed by atoms with E-state index in [1.165, 1.54) is 0 Å². The van der Waals surface area contributed by atoms with Gasteiger partial charge in [-0.05, 0) is 23.8 Å². The number of amides is 2. The summed E-state index contributed by atoms with van der Waals surface area (Å²) in [5.41, 5.74) is 1.56. The normalized spacial score (nSPS) is 14.2. The summed E-state index contributed by atoms with van der Waals surface area (Å²) in [5.74, 6) is 1.32. The number of hydrogen-bond acceptors (Lipinski definition) is 4. The average Bonchev–Trinajstić information content (AvgIpc) is 3.13. The van der Waals surface area contributed by atoms with Crippen LogP contribution in [0.1, 0.15) is 15.9 Å². The van der Waals surface area contributed by atoms with Crippen molar-refractivity contribution < 1.29 is 19.1 Å². The van der Waals surface area contributed by atoms with Gasteiger partial charge >= 0.3 is 0 Å². The molecule has 1 aromatic heterocycles. The van der Waals surface area contributed by atoms with E-state index in [0.29, 0.717) is 49.7 Å². The van der Waals surface area contributed by atoms with Crippen LogP contribution in [0.3, 0.4) is 0 Å². The highest BCUT2D eigenvalue weighted by Gasteiger charge is 2.25. The zero-order chi connectivity index (χ0) is 19.4. The molecule has 0 saturated carbocycles. The first-order valence-electron chi connectivity index (χ1n) is 8.91. The van der Waals surface area contributed by atoms with Crippen LogP contribution in [-0.4, -0.2) is 66.6 Å². The van der Waals surface area contributed by atoms with Gasteiger partial charge in [0.2, 0.25) is 5.91 Å². The molecule has 1 aromatic carbocycles. The van der Waals surface area contributed by atoms with Gasteiger partial charge in [-0.2, -0.15) is 0 Å². The molecule has 0 aliphatic carbocycles. The minimum Gasteiger partial charge on any atom is -0.493 e. The van der Waals surface area contributed by atoms with Crippen molar-refractivity contribution in [1.29, 1.82) is 0 Å². The maximum absolute atomic E-state index is 12.6. The van der Waals surface area contributed by atoms with Gasteiger partial charge in [-0.1, -0.05) is 6.07 Å². The second-order valence-electron chi connectivity index (χ2n) is 6.60. The molecular weight excluding hydrogens is 346 g/mol. The Labute approximate surface area is 159 Å². The molecule has 7 nitrogen and oxygen atoms in total. The van der Waals surface area contributed by atoms with Gasteiger partial charge in [0.15, 0.2) is 11.5 Å². The van der Waals surface area contributed by atoms with Crippen molar-refractivity contribution in [3.05, 3.63) is 47.8 Å². The predicted molar refractivity (Wildman–Crippen MR) is 101 cm³/mol. The van der Waals surface area contributed by atoms with E-state index in [-0.39, 0.29) is 11.8 Å². The molecule has 1 aliphatic heterocycles. The van der Waals surface area contributed by atoms with Crippen LogP contribution in [0.4, 0.5) is 0 Å². The van der Waals surface area contributed by atoms with E-state index >= 15 is 0 Å². The molecule has 2 amide bonds. The summed E-state index contributed by atoms with van der Waals surface area (Å²) in [5, 5.41) is 0. The highest BCUT2D eigenvalue weighted by molar-refractivity contribution is 5.94. The number of carbonyl (C=O) groups excluding carboxylic acids is 2. The van der Waals surface area contributed by atoms with Crippen molar-refractivity contribution in [2.45, 2.75) is 6.42 Å². The summed E-state index contributed by atoms with van der Waals surface area (Å²) in [6.07, 6.45) is 3.97. The largest absolute Gasteiger partial charge is 0.493 e. The van der Waals surface area contributed by atoms with Crippen LogP contribution < -0.4 is 9.47 Å². The van der Waals surface area contributed by atoms with Crippen molar-refractivity contribution in [1.82, 2.24) is 14.4 Å². The lowest BCUT2D eigenvalue weighted by atomic mass is 10.1. The SMILES string of the molecule is COc1ccc(CC(=O)N2CCN(C(=O)c3ccn(C)c3)CC2)cc1OC. The Bertz CT molecular complexity index is 822. The van der Waals surface area contributed by atoms with Gasteiger partial charge in [0.05, 0.1) is 26.2 Å². The lowest BCUT2D eigenvalue weighted by molar-refractivity contribution is -0.131. The Morgan fingerprint density at radius 3 is 2.22 bits per heavy atom. The van der Waals surface area contributed by atoms with Gasteiger partial charge in [-0.15, -0.1) is 0 Å². The van der Waals surface area contributed by atoms with E-state index < -0.39 is 0 Å². The van der Waals surface area contributed by atoms with Crippen LogP contribution >= 0.6 is 0 Å². The summed E-state index contributed by atoms with van der Waals surface area (Å²) < 4.78 is 12.4. The van der Waals surface area contributed by atoms with Crippen LogP contribution in [0.2, 0.25) is 0 Å². The highest BCUT2D eigenvalue weighted by atomic mass is 16.5. The van der Waals surface area contributed by atoms with Crippen LogP contribution in [0.25, 0.3) is 0 Å². The second kappa shape index (κ2) is 8.16. The Hall–Kier alpha value is -2.96. The summed E-state index contributed by atoms with van der Waals surface area (Å²) >= 11 is 0. The van der Waals surface area contributed by atoms with Crippen molar-refractivity contribution >= 4 is 11.8 Å². The zero-order valence-electron chi connectivity index (χ0n) is 16.0. The molecule has 2 aromatic rings. The van der Waals surface area contributed by atoms with E-state index in [1.54, 1.807) is 25.2 Å². The smallest absolute Gasteiger partial charge is 0.255 e. The van der Waals surface area contributed by atoms with Crippen molar-refractivity contribution in [3.8, 4) is 11.5 Å². The van der Waals surface area contributed by atoms with E-state index in [4.69, 9.17) is 9.47 Å². The third-order valence-corrected chi connectivity index (χ3v) is 4.80. The number of benzene rings is 1. The van der Waals surface area contributed by atoms with E-state index in [1.807, 2.05) is 47.1 Å². The van der Waals surface area contributed by atoms with E-state index in [9.17, 15) is 9.59 Å². The molecule has 144 valence electrons. The molecule has 0 atom stereocenters. The van der Waals surface area contributed by atoms with Gasteiger partial charge in [-0.25, -0.2) is 0 Å². The molecule has 3 rings (SSSR count). The Kier molecular flexibility index (Phi) is 5.69. The lowest BCUT2D eigenvalue weighted by Gasteiger charge is -2.34. The molecule has 27 heavy (non-hydrogen) atoms. The summed E-state index contributed by atoms with van der Waals surface area (Å²) in [6, 6.07) is 7.31. The fourth-order valence-electron chi connectivity index (χ4n) is 3.25. The number of methoxy groups -OCH3 is 2. The quantitative estimate of drug-likeness (QED) is 0.800. The molecule has 0 radical (unpaired) electrons. The third-order valence-electron chi connectivity index (χ3n) is 4.80. The Morgan fingerprint density at radius 1 is 0.963 bits per heavy atom. The molecule has 7 heteroatoms. The van der Waals surface area contributed by atoms with Gasteiger partial charge in [0.25, 0.3) is 5.91 Å². The van der Waals surface area contributed by atoms with Crippen LogP contribution in [0, 0.1) is 0 Å². The van der Waals surface area contributed by atoms with Gasteiger partial charge < -0.3 is 23.8 Å². The highest BCUT2D eigenvalue weighted by Crippen LogP contribution is 2.27. The fraction of sp³-hybridized carbons (Fsp3) is 0.400. The molecule has 0 unspecified atom stereocenters. The summed E-state index contributed by atoms with van der Waals surface area (Å²) in [7, 11) is 5.05. The standard InChI is InChI=1S/C20H25N3O4/c1-21-7-6-16(14-21)20(25)23-10-8-22(9-11-23)19(24)13-15-4-5-17(26-2)18(12-15)27-3/h4-7,12,14H,8-11,13H2,1-3H3. The van der Waals surface area contributed by atoms with Gasteiger partial charge in [0, 0.05) is 45.6 Å². The van der Waals surface area contributed by atoms with Crippen molar-refractivity contribution in [2.24, 2.45) is 7.05 Å². The minimum absolute atomic E-state index is 0.0163. The van der Waals surface area contributed by atoms with Crippen LogP contribution in [-0.2, 0) is 18.3 Å². The zero-order valence-corrected chi connectivity index (χ0v) is 16.0. The van der Waals surface area contributed by atoms with Crippen LogP contribution in [0.15, 0.2) is 36.7 Å². The fourth-order valence-corrected chi connectivity index (χ4v) is 3.25. The average molecular weight is 371 g/mol. The number of hydrogen-bond donors (Lipinski definition) is 0. The van der Waals surface area contributed by atoms with E-state index in [2.05, 4.69) is 0 Å². The Balaban J connectivity index is 1.56. The molecule has 1 aliphatic rings. The maximum atomic E-state index is 12.6. The first kappa shape index (κ1) is 18.8. The molecule has 1 saturated heterocycles. The number of carbonyl (C=O) groups is 2. The van der Waals surface area contributed by atoms with Gasteiger partial charge in [0.1, 0.15) is 0 Å². The predicted octanol–water partition coefficient (Wildman–Crippen LogP) is 1.57. The molecule has 0 N–H and O–H groups in total. The number of rotatable bonds is 5. The van der Waals surface area contributed by atoms with Gasteiger partial charge in [-0.3, -0.25) is 9.59 Å². The number of nitrogens with zero attached hydrogens (tertiary/aromatic N) is 3. The first-order chi connectivity index (χ1) is 13.0. The third kappa shape index (κ3) is 4.24. The second-order valence-corrected chi connectivity index (χ2v) is 6.60. The molecular formula is C20H25N3O4. The van der Waals surface area contributed by atoms with Crippen LogP contribution in [0.5, 0.6) is 11.5 Å². The molecule has 1 fully saturated rings. The minimum atomic E-state index is 0.0163. The summed E-state index contributed by atoms with van der Waals surface area (Å²) in [4.78, 5) is 28.7. The number of ether oxygens (including phenoxy) is 2. The molecule has 0 spiro atoms. The Morgan fingerprint density at radius 2 is 1.63 bits per heavy atom. The number of aryl methyl sites for hydroxylation is 1. The molecule has 2 heterocycles. The molecule has 0 bridgehead atoms. The topological polar surface area (TPSA) is 64.0 Å². The number of piperazine rings is 1.